The highest BCUT2D eigenvalue weighted by atomic mass is 79.9. The zero-order valence-corrected chi connectivity index (χ0v) is 15.6. The van der Waals surface area contributed by atoms with Crippen LogP contribution in [0.25, 0.3) is 0 Å². The van der Waals surface area contributed by atoms with E-state index in [0.29, 0.717) is 10.1 Å². The lowest BCUT2D eigenvalue weighted by Gasteiger charge is -2.13. The van der Waals surface area contributed by atoms with Gasteiger partial charge < -0.3 is 10.2 Å². The fourth-order valence-corrected chi connectivity index (χ4v) is 3.63. The molecule has 0 saturated heterocycles. The molecule has 0 unspecified atom stereocenters. The summed E-state index contributed by atoms with van der Waals surface area (Å²) in [5.41, 5.74) is 1.85. The first-order valence-electron chi connectivity index (χ1n) is 5.41. The van der Waals surface area contributed by atoms with E-state index in [1.165, 1.54) is 11.8 Å². The molecule has 1 N–H and O–H groups in total. The van der Waals surface area contributed by atoms with Crippen molar-refractivity contribution < 1.29 is 4.79 Å². The summed E-state index contributed by atoms with van der Waals surface area (Å²) in [6.07, 6.45) is 0. The second kappa shape index (κ2) is 7.61. The number of thiocarbonyl (C=S) groups is 1. The van der Waals surface area contributed by atoms with Crippen molar-refractivity contribution in [1.82, 2.24) is 4.90 Å². The third kappa shape index (κ3) is 5.41. The van der Waals surface area contributed by atoms with E-state index in [4.69, 9.17) is 12.2 Å². The molecule has 19 heavy (non-hydrogen) atoms. The monoisotopic (exact) mass is 424 g/mol. The molecular weight excluding hydrogens is 412 g/mol. The summed E-state index contributed by atoms with van der Waals surface area (Å²) in [5.74, 6) is 0.212. The fourth-order valence-electron chi connectivity index (χ4n) is 1.25. The third-order valence-electron chi connectivity index (χ3n) is 2.14. The average Bonchev–Trinajstić information content (AvgIpc) is 2.30. The number of hydrogen-bond donors (Lipinski definition) is 1. The molecule has 0 radical (unpaired) electrons. The van der Waals surface area contributed by atoms with E-state index in [9.17, 15) is 4.79 Å². The van der Waals surface area contributed by atoms with Crippen molar-refractivity contribution >= 4 is 71.8 Å². The minimum absolute atomic E-state index is 0.0838. The van der Waals surface area contributed by atoms with E-state index in [0.717, 1.165) is 20.2 Å². The van der Waals surface area contributed by atoms with Gasteiger partial charge in [-0.05, 0) is 56.5 Å². The van der Waals surface area contributed by atoms with Crippen LogP contribution in [0.4, 0.5) is 5.69 Å². The Balaban J connectivity index is 2.65. The van der Waals surface area contributed by atoms with Gasteiger partial charge >= 0.3 is 0 Å². The molecule has 0 atom stereocenters. The topological polar surface area (TPSA) is 32.3 Å². The maximum Gasteiger partial charge on any atom is 0.234 e. The van der Waals surface area contributed by atoms with E-state index < -0.39 is 0 Å². The maximum absolute atomic E-state index is 11.9. The van der Waals surface area contributed by atoms with Crippen LogP contribution in [0.3, 0.4) is 0 Å². The van der Waals surface area contributed by atoms with Gasteiger partial charge in [0, 0.05) is 23.0 Å². The number of anilines is 1. The van der Waals surface area contributed by atoms with Crippen LogP contribution in [0, 0.1) is 6.92 Å². The van der Waals surface area contributed by atoms with E-state index in [2.05, 4.69) is 37.2 Å². The summed E-state index contributed by atoms with van der Waals surface area (Å²) in [6.45, 7) is 1.99. The largest absolute Gasteiger partial charge is 0.364 e. The number of halogens is 2. The second-order valence-corrected chi connectivity index (χ2v) is 7.42. The molecule has 0 heterocycles. The molecule has 0 bridgehead atoms. The molecule has 1 amide bonds. The molecular formula is C12H14Br2N2OS2. The second-order valence-electron chi connectivity index (χ2n) is 4.10. The standard InChI is InChI=1S/C12H14Br2N2OS2/c1-7-4-8(13)11(9(14)5-7)15-10(17)6-19-12(18)16(2)3/h4-5H,6H2,1-3H3,(H,15,17). The number of carbonyl (C=O) groups is 1. The maximum atomic E-state index is 11.9. The molecule has 1 rings (SSSR count). The van der Waals surface area contributed by atoms with Gasteiger partial charge in [-0.25, -0.2) is 0 Å². The van der Waals surface area contributed by atoms with Gasteiger partial charge in [0.15, 0.2) is 0 Å². The lowest BCUT2D eigenvalue weighted by Crippen LogP contribution is -2.21. The first-order chi connectivity index (χ1) is 8.81. The van der Waals surface area contributed by atoms with Crippen LogP contribution in [0.1, 0.15) is 5.56 Å². The molecule has 0 aromatic heterocycles. The summed E-state index contributed by atoms with van der Waals surface area (Å²) in [7, 11) is 3.72. The van der Waals surface area contributed by atoms with Crippen LogP contribution in [0.5, 0.6) is 0 Å². The normalized spacial score (nSPS) is 10.2. The zero-order valence-electron chi connectivity index (χ0n) is 10.8. The number of aryl methyl sites for hydroxylation is 1. The minimum Gasteiger partial charge on any atom is -0.364 e. The van der Waals surface area contributed by atoms with Crippen LogP contribution < -0.4 is 5.32 Å². The number of rotatable bonds is 3. The Hall–Kier alpha value is -0.110. The van der Waals surface area contributed by atoms with Gasteiger partial charge in [-0.1, -0.05) is 24.0 Å². The Kier molecular flexibility index (Phi) is 6.79. The Morgan fingerprint density at radius 1 is 1.37 bits per heavy atom. The van der Waals surface area contributed by atoms with Crippen molar-refractivity contribution in [3.8, 4) is 0 Å². The molecule has 0 aliphatic rings. The molecule has 3 nitrogen and oxygen atoms in total. The number of benzene rings is 1. The van der Waals surface area contributed by atoms with Gasteiger partial charge in [0.1, 0.15) is 4.32 Å². The highest BCUT2D eigenvalue weighted by Gasteiger charge is 2.11. The molecule has 1 aromatic rings. The Morgan fingerprint density at radius 2 is 1.89 bits per heavy atom. The number of thioether (sulfide) groups is 1. The van der Waals surface area contributed by atoms with E-state index >= 15 is 0 Å². The summed E-state index contributed by atoms with van der Waals surface area (Å²) in [6, 6.07) is 3.91. The Labute approximate surface area is 139 Å². The molecule has 0 fully saturated rings. The van der Waals surface area contributed by atoms with Gasteiger partial charge in [-0.15, -0.1) is 0 Å². The Bertz CT molecular complexity index is 483. The van der Waals surface area contributed by atoms with Crippen molar-refractivity contribution in [3.63, 3.8) is 0 Å². The molecule has 7 heteroatoms. The number of nitrogens with one attached hydrogen (secondary N) is 1. The number of hydrogen-bond acceptors (Lipinski definition) is 3. The molecule has 104 valence electrons. The predicted molar refractivity (Wildman–Crippen MR) is 94.0 cm³/mol. The van der Waals surface area contributed by atoms with Crippen molar-refractivity contribution in [2.45, 2.75) is 6.92 Å². The summed E-state index contributed by atoms with van der Waals surface area (Å²) >= 11 is 13.3. The predicted octanol–water partition coefficient (Wildman–Crippen LogP) is 4.04. The van der Waals surface area contributed by atoms with Crippen LogP contribution in [-0.2, 0) is 4.79 Å². The highest BCUT2D eigenvalue weighted by molar-refractivity contribution is 9.11. The first-order valence-corrected chi connectivity index (χ1v) is 8.39. The molecule has 1 aromatic carbocycles. The molecule has 0 spiro atoms. The fraction of sp³-hybridized carbons (Fsp3) is 0.333. The molecule has 0 saturated carbocycles. The van der Waals surface area contributed by atoms with Gasteiger partial charge in [0.05, 0.1) is 11.4 Å². The van der Waals surface area contributed by atoms with Gasteiger partial charge in [0.25, 0.3) is 0 Å². The van der Waals surface area contributed by atoms with Crippen molar-refractivity contribution in [3.05, 3.63) is 26.6 Å². The highest BCUT2D eigenvalue weighted by Crippen LogP contribution is 2.32. The Morgan fingerprint density at radius 3 is 2.37 bits per heavy atom. The van der Waals surface area contributed by atoms with E-state index in [-0.39, 0.29) is 5.91 Å². The van der Waals surface area contributed by atoms with Crippen LogP contribution in [0.2, 0.25) is 0 Å². The lowest BCUT2D eigenvalue weighted by molar-refractivity contribution is -0.113. The lowest BCUT2D eigenvalue weighted by atomic mass is 10.2. The summed E-state index contributed by atoms with van der Waals surface area (Å²) in [4.78, 5) is 13.7. The van der Waals surface area contributed by atoms with Crippen LogP contribution >= 0.6 is 55.8 Å². The molecule has 0 aliphatic heterocycles. The van der Waals surface area contributed by atoms with Crippen LogP contribution in [-0.4, -0.2) is 35.0 Å². The smallest absolute Gasteiger partial charge is 0.234 e. The van der Waals surface area contributed by atoms with Crippen LogP contribution in [0.15, 0.2) is 21.1 Å². The quantitative estimate of drug-likeness (QED) is 0.740. The van der Waals surface area contributed by atoms with Gasteiger partial charge in [-0.2, -0.15) is 0 Å². The zero-order chi connectivity index (χ0) is 14.6. The summed E-state index contributed by atoms with van der Waals surface area (Å²) < 4.78 is 2.40. The van der Waals surface area contributed by atoms with Crippen molar-refractivity contribution in [2.75, 3.05) is 25.2 Å². The van der Waals surface area contributed by atoms with E-state index in [1.54, 1.807) is 0 Å². The van der Waals surface area contributed by atoms with Gasteiger partial charge in [0.2, 0.25) is 5.91 Å². The average molecular weight is 426 g/mol. The van der Waals surface area contributed by atoms with Crippen molar-refractivity contribution in [1.29, 1.82) is 0 Å². The summed E-state index contributed by atoms with van der Waals surface area (Å²) in [5, 5.41) is 2.87. The first kappa shape index (κ1) is 16.9. The number of carbonyl (C=O) groups excluding carboxylic acids is 1. The third-order valence-corrected chi connectivity index (χ3v) is 5.13. The SMILES string of the molecule is Cc1cc(Br)c(NC(=O)CSC(=S)N(C)C)c(Br)c1. The van der Waals surface area contributed by atoms with Gasteiger partial charge in [-0.3, -0.25) is 4.79 Å². The number of amides is 1. The van der Waals surface area contributed by atoms with Crippen molar-refractivity contribution in [2.24, 2.45) is 0 Å². The number of nitrogens with zero attached hydrogens (tertiary/aromatic N) is 1. The molecule has 0 aliphatic carbocycles. The van der Waals surface area contributed by atoms with E-state index in [1.807, 2.05) is 38.1 Å². The minimum atomic E-state index is -0.0838.